The number of hydrogen-bond acceptors (Lipinski definition) is 5. The average molecular weight is 451 g/mol. The van der Waals surface area contributed by atoms with E-state index in [1.165, 1.54) is 38.7 Å². The van der Waals surface area contributed by atoms with Gasteiger partial charge in [-0.2, -0.15) is 0 Å². The standard InChI is InChI=1S/C14H16O2.C8H8O2.C6H10O/c15-12-10-14(8-4-1-5-9-14)16-13-7-3-2-6-11(12)13;1-6(9)7-4-2-3-5-8(7)10;7-6-4-2-1-3-5-6/h2-3,6-7H,1,4-5,8-10H2;2-5,10H,1H3;1-5H2. The third kappa shape index (κ3) is 7.01. The van der Waals surface area contributed by atoms with Gasteiger partial charge in [-0.3, -0.25) is 14.4 Å². The molecule has 2 aliphatic carbocycles. The molecule has 2 saturated carbocycles. The molecule has 1 spiro atoms. The van der Waals surface area contributed by atoms with Crippen LogP contribution in [0.15, 0.2) is 48.5 Å². The van der Waals surface area contributed by atoms with Gasteiger partial charge in [0.2, 0.25) is 0 Å². The molecule has 1 heterocycles. The van der Waals surface area contributed by atoms with Crippen LogP contribution in [-0.2, 0) is 4.79 Å². The van der Waals surface area contributed by atoms with Gasteiger partial charge in [0.15, 0.2) is 11.6 Å². The first kappa shape index (κ1) is 24.7. The summed E-state index contributed by atoms with van der Waals surface area (Å²) in [5.74, 6) is 1.45. The Balaban J connectivity index is 0.000000154. The van der Waals surface area contributed by atoms with E-state index in [0.717, 1.165) is 49.8 Å². The molecule has 0 bridgehead atoms. The van der Waals surface area contributed by atoms with Crippen LogP contribution in [0.4, 0.5) is 0 Å². The Hall–Kier alpha value is -2.95. The summed E-state index contributed by atoms with van der Waals surface area (Å²) in [5, 5.41) is 9.06. The topological polar surface area (TPSA) is 80.7 Å². The predicted molar refractivity (Wildman–Crippen MR) is 128 cm³/mol. The first-order chi connectivity index (χ1) is 15.9. The lowest BCUT2D eigenvalue weighted by Gasteiger charge is -2.40. The number of phenols is 1. The van der Waals surface area contributed by atoms with Gasteiger partial charge in [0.25, 0.3) is 0 Å². The number of carbonyl (C=O) groups is 3. The highest BCUT2D eigenvalue weighted by atomic mass is 16.5. The summed E-state index contributed by atoms with van der Waals surface area (Å²) in [6, 6.07) is 14.1. The van der Waals surface area contributed by atoms with Crippen LogP contribution in [0, 0.1) is 0 Å². The van der Waals surface area contributed by atoms with E-state index < -0.39 is 0 Å². The van der Waals surface area contributed by atoms with Crippen LogP contribution in [0.2, 0.25) is 0 Å². The van der Waals surface area contributed by atoms with Crippen molar-refractivity contribution in [3.8, 4) is 11.5 Å². The molecule has 2 aromatic rings. The maximum atomic E-state index is 12.1. The number of ether oxygens (including phenoxy) is 1. The van der Waals surface area contributed by atoms with Crippen LogP contribution >= 0.6 is 0 Å². The molecule has 1 aliphatic heterocycles. The largest absolute Gasteiger partial charge is 0.507 e. The fourth-order valence-electron chi connectivity index (χ4n) is 4.64. The molecule has 0 amide bonds. The van der Waals surface area contributed by atoms with Crippen molar-refractivity contribution in [2.45, 2.75) is 83.2 Å². The Morgan fingerprint density at radius 2 is 1.45 bits per heavy atom. The fraction of sp³-hybridized carbons (Fsp3) is 0.464. The number of Topliss-reactive ketones (excluding diaryl/α,β-unsaturated/α-hetero) is 3. The van der Waals surface area contributed by atoms with Crippen LogP contribution < -0.4 is 4.74 Å². The van der Waals surface area contributed by atoms with Gasteiger partial charge in [0.1, 0.15) is 22.9 Å². The van der Waals surface area contributed by atoms with Gasteiger partial charge in [0.05, 0.1) is 17.5 Å². The first-order valence-corrected chi connectivity index (χ1v) is 12.0. The molecule has 0 unspecified atom stereocenters. The quantitative estimate of drug-likeness (QED) is 0.504. The van der Waals surface area contributed by atoms with E-state index in [0.29, 0.717) is 17.8 Å². The van der Waals surface area contributed by atoms with Crippen molar-refractivity contribution in [3.05, 3.63) is 59.7 Å². The molecule has 0 aromatic heterocycles. The Morgan fingerprint density at radius 3 is 2.03 bits per heavy atom. The van der Waals surface area contributed by atoms with E-state index in [-0.39, 0.29) is 22.9 Å². The lowest BCUT2D eigenvalue weighted by molar-refractivity contribution is -0.120. The molecule has 2 aromatic carbocycles. The van der Waals surface area contributed by atoms with Crippen molar-refractivity contribution >= 4 is 17.3 Å². The Bertz CT molecular complexity index is 964. The van der Waals surface area contributed by atoms with Gasteiger partial charge in [-0.25, -0.2) is 0 Å². The molecule has 5 heteroatoms. The number of phenolic OH excluding ortho intramolecular Hbond substituents is 1. The summed E-state index contributed by atoms with van der Waals surface area (Å²) in [5.41, 5.74) is 0.963. The van der Waals surface area contributed by atoms with Crippen LogP contribution in [0.1, 0.15) is 98.3 Å². The van der Waals surface area contributed by atoms with Crippen LogP contribution in [0.25, 0.3) is 0 Å². The van der Waals surface area contributed by atoms with E-state index >= 15 is 0 Å². The lowest BCUT2D eigenvalue weighted by atomic mass is 9.78. The van der Waals surface area contributed by atoms with E-state index in [4.69, 9.17) is 9.84 Å². The maximum absolute atomic E-state index is 12.1. The summed E-state index contributed by atoms with van der Waals surface area (Å²) in [7, 11) is 0. The average Bonchev–Trinajstić information content (AvgIpc) is 2.81. The molecular formula is C28H34O5. The second-order valence-electron chi connectivity index (χ2n) is 9.11. The van der Waals surface area contributed by atoms with Crippen molar-refractivity contribution in [2.75, 3.05) is 0 Å². The Labute approximate surface area is 196 Å². The third-order valence-corrected chi connectivity index (χ3v) is 6.46. The summed E-state index contributed by atoms with van der Waals surface area (Å²) in [6.45, 7) is 1.43. The predicted octanol–water partition coefficient (Wildman–Crippen LogP) is 6.47. The molecule has 1 N–H and O–H groups in total. The highest BCUT2D eigenvalue weighted by Gasteiger charge is 2.40. The van der Waals surface area contributed by atoms with Gasteiger partial charge in [0, 0.05) is 12.8 Å². The van der Waals surface area contributed by atoms with Crippen LogP contribution in [-0.4, -0.2) is 28.1 Å². The number of aromatic hydroxyl groups is 1. The highest BCUT2D eigenvalue weighted by Crippen LogP contribution is 2.41. The zero-order valence-corrected chi connectivity index (χ0v) is 19.5. The fourth-order valence-corrected chi connectivity index (χ4v) is 4.64. The summed E-state index contributed by atoms with van der Waals surface area (Å²) in [4.78, 5) is 33.2. The number of para-hydroxylation sites is 2. The maximum Gasteiger partial charge on any atom is 0.170 e. The monoisotopic (exact) mass is 450 g/mol. The van der Waals surface area contributed by atoms with Crippen molar-refractivity contribution in [1.29, 1.82) is 0 Å². The molecule has 3 aliphatic rings. The second kappa shape index (κ2) is 11.8. The number of fused-ring (bicyclic) bond motifs is 1. The number of rotatable bonds is 1. The Kier molecular flexibility index (Phi) is 8.81. The van der Waals surface area contributed by atoms with Gasteiger partial charge >= 0.3 is 0 Å². The summed E-state index contributed by atoms with van der Waals surface area (Å²) < 4.78 is 6.11. The third-order valence-electron chi connectivity index (χ3n) is 6.46. The van der Waals surface area contributed by atoms with Gasteiger partial charge in [-0.1, -0.05) is 37.1 Å². The van der Waals surface area contributed by atoms with Gasteiger partial charge in [-0.05, 0) is 69.7 Å². The molecule has 5 rings (SSSR count). The van der Waals surface area contributed by atoms with Crippen molar-refractivity contribution in [3.63, 3.8) is 0 Å². The molecule has 33 heavy (non-hydrogen) atoms. The minimum absolute atomic E-state index is 0.0509. The van der Waals surface area contributed by atoms with Gasteiger partial charge < -0.3 is 9.84 Å². The number of benzene rings is 2. The minimum atomic E-state index is -0.177. The second-order valence-corrected chi connectivity index (χ2v) is 9.11. The molecule has 0 atom stereocenters. The minimum Gasteiger partial charge on any atom is -0.507 e. The van der Waals surface area contributed by atoms with Crippen molar-refractivity contribution in [2.24, 2.45) is 0 Å². The van der Waals surface area contributed by atoms with Crippen LogP contribution in [0.5, 0.6) is 11.5 Å². The number of carbonyl (C=O) groups excluding carboxylic acids is 3. The zero-order chi connectivity index (χ0) is 23.7. The highest BCUT2D eigenvalue weighted by molar-refractivity contribution is 6.00. The lowest BCUT2D eigenvalue weighted by Crippen LogP contribution is -2.43. The SMILES string of the molecule is CC(=O)c1ccccc1O.O=C1CC2(CCCCC2)Oc2ccccc21.O=C1CCCCC1. The van der Waals surface area contributed by atoms with E-state index in [1.54, 1.807) is 18.2 Å². The molecule has 176 valence electrons. The van der Waals surface area contributed by atoms with Crippen molar-refractivity contribution in [1.82, 2.24) is 0 Å². The summed E-state index contributed by atoms with van der Waals surface area (Å²) >= 11 is 0. The van der Waals surface area contributed by atoms with E-state index in [2.05, 4.69) is 0 Å². The molecule has 2 fully saturated rings. The van der Waals surface area contributed by atoms with E-state index in [9.17, 15) is 14.4 Å². The summed E-state index contributed by atoms with van der Waals surface area (Å²) in [6.07, 6.45) is 11.5. The Morgan fingerprint density at radius 1 is 0.848 bits per heavy atom. The number of hydrogen-bond donors (Lipinski definition) is 1. The molecule has 0 radical (unpaired) electrons. The van der Waals surface area contributed by atoms with Crippen LogP contribution in [0.3, 0.4) is 0 Å². The van der Waals surface area contributed by atoms with Gasteiger partial charge in [-0.15, -0.1) is 0 Å². The van der Waals surface area contributed by atoms with Crippen molar-refractivity contribution < 1.29 is 24.2 Å². The first-order valence-electron chi connectivity index (χ1n) is 12.0. The molecule has 0 saturated heterocycles. The molecular weight excluding hydrogens is 416 g/mol. The smallest absolute Gasteiger partial charge is 0.170 e. The molecule has 5 nitrogen and oxygen atoms in total. The number of ketones is 3. The van der Waals surface area contributed by atoms with E-state index in [1.807, 2.05) is 24.3 Å². The normalized spacial score (nSPS) is 18.6. The zero-order valence-electron chi connectivity index (χ0n) is 19.5.